The van der Waals surface area contributed by atoms with E-state index in [-0.39, 0.29) is 11.1 Å². The molecule has 0 saturated heterocycles. The van der Waals surface area contributed by atoms with Gasteiger partial charge in [0.1, 0.15) is 5.57 Å². The van der Waals surface area contributed by atoms with Gasteiger partial charge in [-0.3, -0.25) is 14.5 Å². The number of amides is 2. The maximum Gasteiger partial charge on any atom is 0.346 e. The number of ether oxygens (including phenoxy) is 2. The van der Waals surface area contributed by atoms with Gasteiger partial charge in [0, 0.05) is 0 Å². The molecule has 1 heterocycles. The predicted octanol–water partition coefficient (Wildman–Crippen LogP) is 1.39. The first-order valence-electron chi connectivity index (χ1n) is 8.10. The Kier molecular flexibility index (Phi) is 5.61. The van der Waals surface area contributed by atoms with Gasteiger partial charge in [0.15, 0.2) is 6.04 Å². The predicted molar refractivity (Wildman–Crippen MR) is 95.5 cm³/mol. The van der Waals surface area contributed by atoms with Gasteiger partial charge in [-0.2, -0.15) is 0 Å². The van der Waals surface area contributed by atoms with Crippen molar-refractivity contribution >= 4 is 29.6 Å². The molecular formula is C19H20N2O6. The molecule has 0 aromatic heterocycles. The summed E-state index contributed by atoms with van der Waals surface area (Å²) in [5.74, 6) is -0.878. The third-order valence-electron chi connectivity index (χ3n) is 3.70. The van der Waals surface area contributed by atoms with Crippen LogP contribution >= 0.6 is 0 Å². The number of aliphatic imine (C=N–C) groups is 1. The molecule has 2 rings (SSSR count). The number of fused-ring (bicyclic) bond motifs is 1. The van der Waals surface area contributed by atoms with E-state index in [0.29, 0.717) is 4.90 Å². The maximum atomic E-state index is 12.8. The molecule has 1 aromatic rings. The molecule has 1 aliphatic heterocycles. The highest BCUT2D eigenvalue weighted by atomic mass is 16.5. The third-order valence-corrected chi connectivity index (χ3v) is 3.70. The van der Waals surface area contributed by atoms with Crippen molar-refractivity contribution in [1.29, 1.82) is 0 Å². The zero-order chi connectivity index (χ0) is 20.4. The zero-order valence-corrected chi connectivity index (χ0v) is 15.7. The highest BCUT2D eigenvalue weighted by Crippen LogP contribution is 2.27. The van der Waals surface area contributed by atoms with Crippen LogP contribution in [0.15, 0.2) is 34.8 Å². The van der Waals surface area contributed by atoms with Crippen LogP contribution in [0.4, 0.5) is 0 Å². The number of methoxy groups -OCH3 is 2. The lowest BCUT2D eigenvalue weighted by Crippen LogP contribution is -2.48. The van der Waals surface area contributed by atoms with Crippen molar-refractivity contribution in [3.05, 3.63) is 41.0 Å². The molecule has 27 heavy (non-hydrogen) atoms. The fourth-order valence-electron chi connectivity index (χ4n) is 2.46. The summed E-state index contributed by atoms with van der Waals surface area (Å²) < 4.78 is 9.44. The summed E-state index contributed by atoms with van der Waals surface area (Å²) in [5, 5.41) is 0. The molecule has 1 aromatic carbocycles. The molecule has 1 aliphatic rings. The van der Waals surface area contributed by atoms with Crippen LogP contribution < -0.4 is 0 Å². The van der Waals surface area contributed by atoms with Gasteiger partial charge in [-0.15, -0.1) is 0 Å². The normalized spacial score (nSPS) is 14.2. The van der Waals surface area contributed by atoms with E-state index in [2.05, 4.69) is 10.9 Å². The minimum Gasteiger partial charge on any atom is -0.467 e. The van der Waals surface area contributed by atoms with Crippen LogP contribution in [-0.4, -0.2) is 60.3 Å². The Bertz CT molecular complexity index is 839. The highest BCUT2D eigenvalue weighted by molar-refractivity contribution is 6.24. The molecule has 0 fully saturated rings. The van der Waals surface area contributed by atoms with Crippen molar-refractivity contribution in [2.75, 3.05) is 14.2 Å². The number of carbonyl (C=O) groups is 4. The number of hydrogen-bond donors (Lipinski definition) is 0. The van der Waals surface area contributed by atoms with E-state index in [4.69, 9.17) is 9.47 Å². The van der Waals surface area contributed by atoms with Gasteiger partial charge in [0.2, 0.25) is 0 Å². The first kappa shape index (κ1) is 20.1. The number of rotatable bonds is 4. The molecule has 0 N–H and O–H groups in total. The number of hydrogen-bond acceptors (Lipinski definition) is 7. The van der Waals surface area contributed by atoms with Crippen molar-refractivity contribution < 1.29 is 28.7 Å². The monoisotopic (exact) mass is 372 g/mol. The summed E-state index contributed by atoms with van der Waals surface area (Å²) in [6, 6.07) is 4.46. The molecule has 0 bridgehead atoms. The second-order valence-electron chi connectivity index (χ2n) is 6.75. The van der Waals surface area contributed by atoms with Crippen molar-refractivity contribution in [2.45, 2.75) is 32.4 Å². The molecule has 0 radical (unpaired) electrons. The Balaban J connectivity index is 2.67. The molecule has 0 aliphatic carbocycles. The van der Waals surface area contributed by atoms with E-state index in [1.165, 1.54) is 12.1 Å². The van der Waals surface area contributed by atoms with Gasteiger partial charge in [0.25, 0.3) is 11.8 Å². The smallest absolute Gasteiger partial charge is 0.346 e. The molecule has 142 valence electrons. The highest BCUT2D eigenvalue weighted by Gasteiger charge is 2.47. The average molecular weight is 372 g/mol. The van der Waals surface area contributed by atoms with E-state index in [9.17, 15) is 19.2 Å². The molecule has 1 unspecified atom stereocenters. The summed E-state index contributed by atoms with van der Waals surface area (Å²) in [4.78, 5) is 55.0. The van der Waals surface area contributed by atoms with Crippen molar-refractivity contribution in [3.8, 4) is 0 Å². The van der Waals surface area contributed by atoms with Gasteiger partial charge in [-0.05, 0) is 38.8 Å². The van der Waals surface area contributed by atoms with Crippen molar-refractivity contribution in [1.82, 2.24) is 4.90 Å². The van der Waals surface area contributed by atoms with Crippen LogP contribution in [0.25, 0.3) is 0 Å². The standard InChI is InChI=1S/C19H20N2O6/c1-19(2,3)20-10-13(17(24)26-4)14(18(25)27-5)21-15(22)11-8-6-7-9-12(11)16(21)23/h6-9,14H,1-5H3. The molecular weight excluding hydrogens is 352 g/mol. The zero-order valence-electron chi connectivity index (χ0n) is 15.7. The number of carbonyl (C=O) groups excluding carboxylic acids is 4. The molecule has 0 spiro atoms. The van der Waals surface area contributed by atoms with Crippen LogP contribution in [0.1, 0.15) is 41.5 Å². The second-order valence-corrected chi connectivity index (χ2v) is 6.75. The van der Waals surface area contributed by atoms with Gasteiger partial charge in [-0.25, -0.2) is 14.6 Å². The molecule has 2 amide bonds. The largest absolute Gasteiger partial charge is 0.467 e. The van der Waals surface area contributed by atoms with Crippen LogP contribution in [0.2, 0.25) is 0 Å². The lowest BCUT2D eigenvalue weighted by Gasteiger charge is -2.24. The minimum atomic E-state index is -1.67. The topological polar surface area (TPSA) is 102 Å². The summed E-state index contributed by atoms with van der Waals surface area (Å²) in [7, 11) is 2.20. The Morgan fingerprint density at radius 2 is 1.56 bits per heavy atom. The summed E-state index contributed by atoms with van der Waals surface area (Å²) in [5.41, 5.74) is -0.752. The number of esters is 2. The van der Waals surface area contributed by atoms with Crippen LogP contribution in [-0.2, 0) is 19.1 Å². The lowest BCUT2D eigenvalue weighted by atomic mass is 10.1. The molecule has 8 heteroatoms. The fourth-order valence-corrected chi connectivity index (χ4v) is 2.46. The van der Waals surface area contributed by atoms with Gasteiger partial charge < -0.3 is 9.47 Å². The Morgan fingerprint density at radius 1 is 1.04 bits per heavy atom. The molecule has 1 atom stereocenters. The van der Waals surface area contributed by atoms with Gasteiger partial charge >= 0.3 is 11.9 Å². The Labute approximate surface area is 156 Å². The van der Waals surface area contributed by atoms with Crippen molar-refractivity contribution in [2.24, 2.45) is 4.99 Å². The SMILES string of the molecule is COC(=O)C(=C=NC(C)(C)C)C(C(=O)OC)N1C(=O)c2ccccc2C1=O. The van der Waals surface area contributed by atoms with E-state index >= 15 is 0 Å². The van der Waals surface area contributed by atoms with Gasteiger partial charge in [-0.1, -0.05) is 12.1 Å². The first-order chi connectivity index (χ1) is 12.6. The molecule has 8 nitrogen and oxygen atoms in total. The minimum absolute atomic E-state index is 0.133. The first-order valence-corrected chi connectivity index (χ1v) is 8.10. The Hall–Kier alpha value is -3.25. The summed E-state index contributed by atoms with van der Waals surface area (Å²) >= 11 is 0. The summed E-state index contributed by atoms with van der Waals surface area (Å²) in [6.07, 6.45) is 0. The number of nitrogens with zero attached hydrogens (tertiary/aromatic N) is 2. The van der Waals surface area contributed by atoms with Crippen LogP contribution in [0, 0.1) is 0 Å². The fraction of sp³-hybridized carbons (Fsp3) is 0.368. The third kappa shape index (κ3) is 3.96. The quantitative estimate of drug-likeness (QED) is 0.343. The van der Waals surface area contributed by atoms with Gasteiger partial charge in [0.05, 0.1) is 30.9 Å². The number of benzene rings is 1. The van der Waals surface area contributed by atoms with E-state index in [0.717, 1.165) is 14.2 Å². The van der Waals surface area contributed by atoms with E-state index in [1.807, 2.05) is 0 Å². The van der Waals surface area contributed by atoms with E-state index < -0.39 is 40.9 Å². The number of imide groups is 1. The maximum absolute atomic E-state index is 12.8. The Morgan fingerprint density at radius 3 is 1.96 bits per heavy atom. The van der Waals surface area contributed by atoms with Crippen molar-refractivity contribution in [3.63, 3.8) is 0 Å². The molecule has 0 saturated carbocycles. The summed E-state index contributed by atoms with van der Waals surface area (Å²) in [6.45, 7) is 5.26. The second kappa shape index (κ2) is 7.55. The van der Waals surface area contributed by atoms with Crippen LogP contribution in [0.3, 0.4) is 0 Å². The average Bonchev–Trinajstić information content (AvgIpc) is 2.88. The van der Waals surface area contributed by atoms with Crippen LogP contribution in [0.5, 0.6) is 0 Å². The van der Waals surface area contributed by atoms with E-state index in [1.54, 1.807) is 32.9 Å². The lowest BCUT2D eigenvalue weighted by molar-refractivity contribution is -0.147.